The lowest BCUT2D eigenvalue weighted by molar-refractivity contribution is -0.162. The number of carbonyl (C=O) groups is 1. The van der Waals surface area contributed by atoms with E-state index in [2.05, 4.69) is 9.73 Å². The van der Waals surface area contributed by atoms with Gasteiger partial charge in [0.2, 0.25) is 0 Å². The predicted molar refractivity (Wildman–Crippen MR) is 67.6 cm³/mol. The van der Waals surface area contributed by atoms with Gasteiger partial charge < -0.3 is 4.74 Å². The quantitative estimate of drug-likeness (QED) is 0.608. The topological polar surface area (TPSA) is 38.7 Å². The standard InChI is InChI=1S/C14H15F2NO2/c1-2-19-13(18)14(15,16)12(17-11-8-9-11)10-6-4-3-5-7-10/h3-7,11H,2,8-9H2,1H3. The Kier molecular flexibility index (Phi) is 3.93. The SMILES string of the molecule is CCOC(=O)C(F)(F)C(=NC1CC1)c1ccccc1. The molecule has 0 unspecified atom stereocenters. The molecule has 0 aliphatic heterocycles. The van der Waals surface area contributed by atoms with E-state index in [0.717, 1.165) is 12.8 Å². The Morgan fingerprint density at radius 2 is 2.00 bits per heavy atom. The first-order chi connectivity index (χ1) is 9.05. The van der Waals surface area contributed by atoms with Crippen LogP contribution in [0.5, 0.6) is 0 Å². The molecule has 1 aromatic carbocycles. The molecule has 1 aliphatic rings. The van der Waals surface area contributed by atoms with Crippen molar-refractivity contribution in [3.63, 3.8) is 0 Å². The number of rotatable bonds is 5. The Bertz CT molecular complexity index is 481. The molecule has 19 heavy (non-hydrogen) atoms. The zero-order chi connectivity index (χ0) is 13.9. The number of ether oxygens (including phenoxy) is 1. The van der Waals surface area contributed by atoms with Crippen molar-refractivity contribution >= 4 is 11.7 Å². The van der Waals surface area contributed by atoms with Crippen LogP contribution in [0.4, 0.5) is 8.78 Å². The first-order valence-corrected chi connectivity index (χ1v) is 6.24. The molecule has 5 heteroatoms. The molecule has 0 aromatic heterocycles. The highest BCUT2D eigenvalue weighted by molar-refractivity contribution is 6.16. The second kappa shape index (κ2) is 5.47. The number of nitrogens with zero attached hydrogens (tertiary/aromatic N) is 1. The van der Waals surface area contributed by atoms with Crippen LogP contribution < -0.4 is 0 Å². The van der Waals surface area contributed by atoms with Gasteiger partial charge in [0.05, 0.1) is 12.6 Å². The van der Waals surface area contributed by atoms with Crippen molar-refractivity contribution in [1.82, 2.24) is 0 Å². The third-order valence-corrected chi connectivity index (χ3v) is 2.73. The summed E-state index contributed by atoms with van der Waals surface area (Å²) in [6.45, 7) is 1.41. The maximum atomic E-state index is 14.1. The van der Waals surface area contributed by atoms with E-state index in [-0.39, 0.29) is 18.2 Å². The van der Waals surface area contributed by atoms with Crippen LogP contribution in [0.1, 0.15) is 25.3 Å². The van der Waals surface area contributed by atoms with Crippen LogP contribution >= 0.6 is 0 Å². The van der Waals surface area contributed by atoms with Gasteiger partial charge in [0.15, 0.2) is 0 Å². The van der Waals surface area contributed by atoms with Gasteiger partial charge in [-0.3, -0.25) is 4.99 Å². The molecule has 1 aromatic rings. The van der Waals surface area contributed by atoms with Crippen LogP contribution in [-0.4, -0.2) is 30.3 Å². The van der Waals surface area contributed by atoms with Crippen molar-refractivity contribution in [3.05, 3.63) is 35.9 Å². The monoisotopic (exact) mass is 267 g/mol. The summed E-state index contributed by atoms with van der Waals surface area (Å²) in [6.07, 6.45) is 1.57. The van der Waals surface area contributed by atoms with E-state index in [9.17, 15) is 13.6 Å². The Hall–Kier alpha value is -1.78. The van der Waals surface area contributed by atoms with Crippen LogP contribution in [0.25, 0.3) is 0 Å². The van der Waals surface area contributed by atoms with Crippen molar-refractivity contribution in [2.75, 3.05) is 6.61 Å². The summed E-state index contributed by atoms with van der Waals surface area (Å²) in [5.74, 6) is -5.25. The Morgan fingerprint density at radius 1 is 1.37 bits per heavy atom. The van der Waals surface area contributed by atoms with Gasteiger partial charge in [-0.15, -0.1) is 0 Å². The summed E-state index contributed by atoms with van der Waals surface area (Å²) >= 11 is 0. The average molecular weight is 267 g/mol. The van der Waals surface area contributed by atoms with Crippen LogP contribution in [0.3, 0.4) is 0 Å². The number of aliphatic imine (C=N–C) groups is 1. The molecule has 0 bridgehead atoms. The fraction of sp³-hybridized carbons (Fsp3) is 0.429. The Morgan fingerprint density at radius 3 is 2.53 bits per heavy atom. The van der Waals surface area contributed by atoms with Crippen molar-refractivity contribution in [2.24, 2.45) is 4.99 Å². The van der Waals surface area contributed by atoms with E-state index in [1.807, 2.05) is 0 Å². The summed E-state index contributed by atoms with van der Waals surface area (Å²) in [5.41, 5.74) is -0.235. The van der Waals surface area contributed by atoms with E-state index in [1.54, 1.807) is 18.2 Å². The van der Waals surface area contributed by atoms with Crippen LogP contribution in [0.2, 0.25) is 0 Å². The number of esters is 1. The number of carbonyl (C=O) groups excluding carboxylic acids is 1. The second-order valence-electron chi connectivity index (χ2n) is 4.37. The van der Waals surface area contributed by atoms with Gasteiger partial charge in [0.25, 0.3) is 0 Å². The van der Waals surface area contributed by atoms with Crippen LogP contribution in [0.15, 0.2) is 35.3 Å². The van der Waals surface area contributed by atoms with E-state index in [1.165, 1.54) is 19.1 Å². The smallest absolute Gasteiger partial charge is 0.384 e. The van der Waals surface area contributed by atoms with Gasteiger partial charge in [0.1, 0.15) is 5.71 Å². The lowest BCUT2D eigenvalue weighted by Gasteiger charge is -2.17. The molecule has 0 spiro atoms. The summed E-state index contributed by atoms with van der Waals surface area (Å²) in [7, 11) is 0. The summed E-state index contributed by atoms with van der Waals surface area (Å²) in [4.78, 5) is 15.4. The lowest BCUT2D eigenvalue weighted by Crippen LogP contribution is -2.40. The molecule has 3 nitrogen and oxygen atoms in total. The zero-order valence-corrected chi connectivity index (χ0v) is 10.6. The molecular weight excluding hydrogens is 252 g/mol. The minimum Gasteiger partial charge on any atom is -0.461 e. The molecule has 0 amide bonds. The predicted octanol–water partition coefficient (Wildman–Crippen LogP) is 2.84. The fourth-order valence-corrected chi connectivity index (χ4v) is 1.64. The second-order valence-corrected chi connectivity index (χ2v) is 4.37. The first-order valence-electron chi connectivity index (χ1n) is 6.24. The van der Waals surface area contributed by atoms with Crippen molar-refractivity contribution in [3.8, 4) is 0 Å². The largest absolute Gasteiger partial charge is 0.461 e. The van der Waals surface area contributed by atoms with Gasteiger partial charge in [0, 0.05) is 5.56 Å². The first kappa shape index (κ1) is 13.6. The van der Waals surface area contributed by atoms with Crippen molar-refractivity contribution in [1.29, 1.82) is 0 Å². The van der Waals surface area contributed by atoms with E-state index in [0.29, 0.717) is 0 Å². The maximum absolute atomic E-state index is 14.1. The van der Waals surface area contributed by atoms with Gasteiger partial charge in [-0.25, -0.2) is 4.79 Å². The highest BCUT2D eigenvalue weighted by Crippen LogP contribution is 2.29. The normalized spacial score (nSPS) is 16.3. The van der Waals surface area contributed by atoms with Crippen molar-refractivity contribution < 1.29 is 18.3 Å². The highest BCUT2D eigenvalue weighted by atomic mass is 19.3. The molecule has 0 atom stereocenters. The van der Waals surface area contributed by atoms with Gasteiger partial charge in [-0.2, -0.15) is 8.78 Å². The summed E-state index contributed by atoms with van der Waals surface area (Å²) in [6, 6.07) is 7.94. The third-order valence-electron chi connectivity index (χ3n) is 2.73. The molecule has 102 valence electrons. The summed E-state index contributed by atoms with van der Waals surface area (Å²) < 4.78 is 32.7. The minimum atomic E-state index is -3.71. The average Bonchev–Trinajstić information content (AvgIpc) is 3.21. The Balaban J connectivity index is 2.35. The maximum Gasteiger partial charge on any atom is 0.384 e. The highest BCUT2D eigenvalue weighted by Gasteiger charge is 2.47. The number of benzene rings is 1. The van der Waals surface area contributed by atoms with E-state index >= 15 is 0 Å². The molecule has 0 heterocycles. The van der Waals surface area contributed by atoms with E-state index in [4.69, 9.17) is 0 Å². The minimum absolute atomic E-state index is 0.0834. The van der Waals surface area contributed by atoms with Crippen molar-refractivity contribution in [2.45, 2.75) is 31.7 Å². The summed E-state index contributed by atoms with van der Waals surface area (Å²) in [5, 5.41) is 0. The molecule has 1 fully saturated rings. The molecule has 0 N–H and O–H groups in total. The molecule has 0 saturated heterocycles. The molecule has 1 aliphatic carbocycles. The molecular formula is C14H15F2NO2. The van der Waals surface area contributed by atoms with Gasteiger partial charge in [-0.1, -0.05) is 30.3 Å². The fourth-order valence-electron chi connectivity index (χ4n) is 1.64. The number of halogens is 2. The number of alkyl halides is 2. The van der Waals surface area contributed by atoms with Crippen LogP contribution in [-0.2, 0) is 9.53 Å². The lowest BCUT2D eigenvalue weighted by atomic mass is 10.0. The van der Waals surface area contributed by atoms with E-state index < -0.39 is 17.6 Å². The number of hydrogen-bond donors (Lipinski definition) is 0. The molecule has 0 radical (unpaired) electrons. The molecule has 2 rings (SSSR count). The zero-order valence-electron chi connectivity index (χ0n) is 10.6. The Labute approximate surface area is 110 Å². The third kappa shape index (κ3) is 3.16. The van der Waals surface area contributed by atoms with Crippen LogP contribution in [0, 0.1) is 0 Å². The number of hydrogen-bond acceptors (Lipinski definition) is 3. The molecule has 1 saturated carbocycles. The van der Waals surface area contributed by atoms with Gasteiger partial charge in [-0.05, 0) is 19.8 Å². The van der Waals surface area contributed by atoms with Gasteiger partial charge >= 0.3 is 11.9 Å².